The van der Waals surface area contributed by atoms with Crippen LogP contribution in [0.4, 0.5) is 0 Å². The molecule has 34 heteroatoms. The van der Waals surface area contributed by atoms with Crippen molar-refractivity contribution >= 4 is 95.3 Å². The maximum absolute atomic E-state index is 11.2. The highest BCUT2D eigenvalue weighted by Gasteiger charge is 2.39. The molecule has 1 fully saturated rings. The van der Waals surface area contributed by atoms with Gasteiger partial charge in [-0.15, -0.1) is 0 Å². The fourth-order valence-electron chi connectivity index (χ4n) is 10.3. The molecule has 4 atom stereocenters. The summed E-state index contributed by atoms with van der Waals surface area (Å²) in [6.45, 7) is 28.5. The van der Waals surface area contributed by atoms with Gasteiger partial charge < -0.3 is 78.1 Å². The second kappa shape index (κ2) is 57.0. The van der Waals surface area contributed by atoms with Crippen molar-refractivity contribution in [2.75, 3.05) is 118 Å². The van der Waals surface area contributed by atoms with Crippen LogP contribution in [0.1, 0.15) is 172 Å². The number of carbonyl (C=O) groups excluding carboxylic acids is 16. The Hall–Kier alpha value is -9.34. The molecular formula is C71H114N6O28. The Morgan fingerprint density at radius 2 is 0.467 bits per heavy atom. The molecule has 1 aromatic rings. The van der Waals surface area contributed by atoms with E-state index in [-0.39, 0.29) is 180 Å². The van der Waals surface area contributed by atoms with Crippen LogP contribution >= 0.6 is 0 Å². The molecule has 0 aromatic heterocycles. The number of rotatable bonds is 43. The first-order chi connectivity index (χ1) is 49.2. The highest BCUT2D eigenvalue weighted by Crippen LogP contribution is 2.39. The van der Waals surface area contributed by atoms with Crippen molar-refractivity contribution in [2.45, 2.75) is 176 Å². The van der Waals surface area contributed by atoms with Crippen molar-refractivity contribution in [1.82, 2.24) is 31.1 Å². The predicted octanol–water partition coefficient (Wildman–Crippen LogP) is 3.36. The van der Waals surface area contributed by atoms with E-state index >= 15 is 0 Å². The fraction of sp³-hybridized carbons (Fsp3) is 0.690. The van der Waals surface area contributed by atoms with Crippen LogP contribution in [0, 0.1) is 29.1 Å². The zero-order valence-corrected chi connectivity index (χ0v) is 64.1. The zero-order valence-electron chi connectivity index (χ0n) is 64.1. The Labute approximate surface area is 615 Å². The highest BCUT2D eigenvalue weighted by molar-refractivity contribution is 5.74. The number of benzene rings is 1. The molecule has 1 aliphatic rings. The van der Waals surface area contributed by atoms with Gasteiger partial charge in [0.2, 0.25) is 23.6 Å². The van der Waals surface area contributed by atoms with Gasteiger partial charge in [0.1, 0.15) is 52.9 Å². The summed E-state index contributed by atoms with van der Waals surface area (Å²) in [4.78, 5) is 181. The lowest BCUT2D eigenvalue weighted by Crippen LogP contribution is -2.41. The van der Waals surface area contributed by atoms with Gasteiger partial charge in [-0.3, -0.25) is 86.5 Å². The Kier molecular flexibility index (Phi) is 53.1. The average Bonchev–Trinajstić information content (AvgIpc) is 0.841. The van der Waals surface area contributed by atoms with Crippen LogP contribution in [0.5, 0.6) is 0 Å². The Morgan fingerprint density at radius 1 is 0.286 bits per heavy atom. The summed E-state index contributed by atoms with van der Waals surface area (Å²) in [5, 5.41) is 11.2. The molecule has 105 heavy (non-hydrogen) atoms. The molecule has 0 spiro atoms. The number of esters is 12. The number of amides is 4. The number of carbonyl (C=O) groups is 16. The smallest absolute Gasteiger partial charge is 0.302 e. The summed E-state index contributed by atoms with van der Waals surface area (Å²) < 4.78 is 60.6. The van der Waals surface area contributed by atoms with E-state index in [1.165, 1.54) is 111 Å². The van der Waals surface area contributed by atoms with Crippen molar-refractivity contribution in [3.8, 4) is 0 Å². The number of nitrogens with one attached hydrogen (secondary N) is 4. The second-order valence-corrected chi connectivity index (χ2v) is 24.7. The van der Waals surface area contributed by atoms with E-state index in [1.807, 2.05) is 9.80 Å². The third-order valence-corrected chi connectivity index (χ3v) is 15.5. The van der Waals surface area contributed by atoms with Gasteiger partial charge >= 0.3 is 71.6 Å². The number of ether oxygens (including phenoxy) is 12. The Balaban J connectivity index is 0. The zero-order chi connectivity index (χ0) is 80.0. The molecule has 0 aliphatic heterocycles. The van der Waals surface area contributed by atoms with E-state index in [0.717, 1.165) is 0 Å². The van der Waals surface area contributed by atoms with Gasteiger partial charge in [0.05, 0.1) is 26.4 Å². The highest BCUT2D eigenvalue weighted by atomic mass is 16.6. The van der Waals surface area contributed by atoms with E-state index in [2.05, 4.69) is 21.3 Å². The lowest BCUT2D eigenvalue weighted by atomic mass is 9.69. The van der Waals surface area contributed by atoms with E-state index in [1.54, 1.807) is 12.1 Å². The first kappa shape index (κ1) is 97.7. The predicted molar refractivity (Wildman–Crippen MR) is 373 cm³/mol. The van der Waals surface area contributed by atoms with Crippen LogP contribution < -0.4 is 21.3 Å². The molecule has 596 valence electrons. The molecule has 1 aliphatic carbocycles. The molecule has 4 N–H and O–H groups in total. The summed E-state index contributed by atoms with van der Waals surface area (Å²) >= 11 is 0. The van der Waals surface area contributed by atoms with Gasteiger partial charge in [-0.2, -0.15) is 0 Å². The third-order valence-electron chi connectivity index (χ3n) is 15.5. The van der Waals surface area contributed by atoms with Crippen molar-refractivity contribution < 1.29 is 134 Å². The third kappa shape index (κ3) is 56.8. The molecule has 1 aromatic carbocycles. The molecule has 0 saturated heterocycles. The minimum atomic E-state index is -0.464. The van der Waals surface area contributed by atoms with Gasteiger partial charge in [-0.05, 0) is 102 Å². The van der Waals surface area contributed by atoms with Crippen LogP contribution in [-0.4, -0.2) is 223 Å². The van der Waals surface area contributed by atoms with Crippen molar-refractivity contribution in [2.24, 2.45) is 29.1 Å². The standard InChI is InChI=1S/C18H32N2O8.C18H28O8.C18H22O8.C17H32N4O4/c1-15(21)25-11-7-19(8-12-26-16(2)22)5-6-20(9-13-27-17(3)23)10-14-28-18(4)24;2*1-11(19)23-7-15-5-17(9-25-13(3)21)18(10-26-14(4)22)6-16(15)8-24-12(2)20;1-13(22)18-9-5-17(6-10-19-14(2)23,7-11-20-15(3)24)8-12-21-16(4)25/h5-14H2,1-4H3;15-18H,5-10H2,1-4H3;5-6H,7-10H2,1-4H3;5-12H2,1-4H3,(H,18,22)(H,19,23)(H,20,24)(H,21,25). The van der Waals surface area contributed by atoms with Crippen LogP contribution in [0.2, 0.25) is 0 Å². The molecule has 0 radical (unpaired) electrons. The molecule has 4 unspecified atom stereocenters. The largest absolute Gasteiger partial charge is 0.466 e. The normalized spacial score (nSPS) is 14.1. The summed E-state index contributed by atoms with van der Waals surface area (Å²) in [6.07, 6.45) is 4.02. The quantitative estimate of drug-likeness (QED) is 0.0538. The van der Waals surface area contributed by atoms with Crippen LogP contribution in [0.15, 0.2) is 12.1 Å². The second-order valence-electron chi connectivity index (χ2n) is 24.7. The maximum Gasteiger partial charge on any atom is 0.302 e. The number of hydrogen-bond donors (Lipinski definition) is 4. The fourth-order valence-corrected chi connectivity index (χ4v) is 10.3. The summed E-state index contributed by atoms with van der Waals surface area (Å²) in [6, 6.07) is 3.34. The monoisotopic (exact) mass is 1500 g/mol. The topological polar surface area (TPSA) is 438 Å². The molecule has 1 saturated carbocycles. The maximum atomic E-state index is 11.2. The lowest BCUT2D eigenvalue weighted by molar-refractivity contribution is -0.154. The van der Waals surface area contributed by atoms with E-state index in [4.69, 9.17) is 56.8 Å². The Bertz CT molecular complexity index is 2570. The molecule has 34 nitrogen and oxygen atoms in total. The van der Waals surface area contributed by atoms with E-state index < -0.39 is 23.9 Å². The molecule has 0 heterocycles. The van der Waals surface area contributed by atoms with E-state index in [9.17, 15) is 76.7 Å². The van der Waals surface area contributed by atoms with Crippen molar-refractivity contribution in [3.63, 3.8) is 0 Å². The van der Waals surface area contributed by atoms with Crippen LogP contribution in [0.25, 0.3) is 0 Å². The Morgan fingerprint density at radius 3 is 0.629 bits per heavy atom. The van der Waals surface area contributed by atoms with Gasteiger partial charge in [-0.25, -0.2) is 0 Å². The SMILES string of the molecule is CC(=O)NCCC(CCNC(C)=O)(CCNC(C)=O)CCNC(C)=O.CC(=O)OCC1CC(COC(C)=O)C(COC(C)=O)CC1COC(C)=O.CC(=O)OCCN(CCOC(C)=O)CCN(CCOC(C)=O)CCOC(C)=O.CC(=O)OCc1cc(COC(C)=O)c(COC(C)=O)cc1COC(C)=O. The average molecular weight is 1500 g/mol. The van der Waals surface area contributed by atoms with E-state index in [0.29, 0.717) is 126 Å². The minimum absolute atomic E-state index is 0.0348. The van der Waals surface area contributed by atoms with Crippen LogP contribution in [0.3, 0.4) is 0 Å². The molecule has 4 amide bonds. The van der Waals surface area contributed by atoms with Gasteiger partial charge in [0.25, 0.3) is 0 Å². The number of hydrogen-bond acceptors (Lipinski definition) is 30. The molecular weight excluding hydrogens is 1380 g/mol. The minimum Gasteiger partial charge on any atom is -0.466 e. The summed E-state index contributed by atoms with van der Waals surface area (Å²) in [5.41, 5.74) is 2.16. The summed E-state index contributed by atoms with van der Waals surface area (Å²) in [7, 11) is 0. The summed E-state index contributed by atoms with van der Waals surface area (Å²) in [5.74, 6) is -5.33. The van der Waals surface area contributed by atoms with Crippen molar-refractivity contribution in [1.29, 1.82) is 0 Å². The molecule has 2 rings (SSSR count). The van der Waals surface area contributed by atoms with Gasteiger partial charge in [0.15, 0.2) is 0 Å². The van der Waals surface area contributed by atoms with Gasteiger partial charge in [-0.1, -0.05) is 0 Å². The molecule has 0 bridgehead atoms. The first-order valence-corrected chi connectivity index (χ1v) is 34.4. The lowest BCUT2D eigenvalue weighted by Gasteiger charge is -2.40. The number of nitrogens with zero attached hydrogens (tertiary/aromatic N) is 2. The van der Waals surface area contributed by atoms with Crippen LogP contribution in [-0.2, 0) is 160 Å². The van der Waals surface area contributed by atoms with Gasteiger partial charge in [0, 0.05) is 176 Å². The van der Waals surface area contributed by atoms with Crippen molar-refractivity contribution in [3.05, 3.63) is 34.4 Å². The first-order valence-electron chi connectivity index (χ1n) is 34.4.